The molecule has 3 aliphatic rings. The number of amides is 2. The summed E-state index contributed by atoms with van der Waals surface area (Å²) in [7, 11) is 0. The van der Waals surface area contributed by atoms with Crippen LogP contribution in [0.25, 0.3) is 11.1 Å². The summed E-state index contributed by atoms with van der Waals surface area (Å²) in [5.74, 6) is -1.30. The Labute approximate surface area is 231 Å². The zero-order valence-corrected chi connectivity index (χ0v) is 22.4. The van der Waals surface area contributed by atoms with E-state index in [1.165, 1.54) is 47.4 Å². The van der Waals surface area contributed by atoms with Gasteiger partial charge in [0.2, 0.25) is 11.8 Å². The van der Waals surface area contributed by atoms with E-state index in [1.807, 2.05) is 24.3 Å². The Bertz CT molecular complexity index is 1460. The molecule has 0 spiro atoms. The molecule has 1 unspecified atom stereocenters. The number of hydrogen-bond acceptors (Lipinski definition) is 6. The summed E-state index contributed by atoms with van der Waals surface area (Å²) in [6.07, 6.45) is 6.79. The molecule has 3 aromatic carbocycles. The van der Waals surface area contributed by atoms with E-state index in [9.17, 15) is 19.2 Å². The second-order valence-corrected chi connectivity index (χ2v) is 11.9. The van der Waals surface area contributed by atoms with Crippen LogP contribution in [0.15, 0.2) is 66.7 Å². The zero-order valence-electron chi connectivity index (χ0n) is 21.6. The standard InChI is InChI=1S/C32H29NO5S/c34-28(22-12-15-27-23(17-22)16-21-6-4-5-9-26(21)27)19-38-32(37)20-10-13-24(14-11-20)33-30(35)18-29(31(33)36)39-25-7-2-1-3-8-25/h4-6,9-15,17,25,29H,1-3,7-8,16,18-19H2. The Morgan fingerprint density at radius 1 is 0.846 bits per heavy atom. The summed E-state index contributed by atoms with van der Waals surface area (Å²) < 4.78 is 5.30. The average Bonchev–Trinajstić information content (AvgIpc) is 3.47. The predicted octanol–water partition coefficient (Wildman–Crippen LogP) is 6.00. The molecule has 6 rings (SSSR count). The molecule has 198 valence electrons. The van der Waals surface area contributed by atoms with Gasteiger partial charge in [0.1, 0.15) is 0 Å². The molecule has 1 aliphatic heterocycles. The van der Waals surface area contributed by atoms with Gasteiger partial charge in [-0.05, 0) is 71.8 Å². The van der Waals surface area contributed by atoms with Crippen molar-refractivity contribution in [3.8, 4) is 11.1 Å². The third-order valence-corrected chi connectivity index (χ3v) is 9.38. The Balaban J connectivity index is 1.05. The number of nitrogens with zero attached hydrogens (tertiary/aromatic N) is 1. The van der Waals surface area contributed by atoms with Crippen LogP contribution >= 0.6 is 11.8 Å². The van der Waals surface area contributed by atoms with Gasteiger partial charge in [-0.15, -0.1) is 11.8 Å². The molecule has 1 saturated heterocycles. The quantitative estimate of drug-likeness (QED) is 0.163. The van der Waals surface area contributed by atoms with Gasteiger partial charge in [-0.1, -0.05) is 55.7 Å². The first-order chi connectivity index (χ1) is 19.0. The number of ketones is 1. The smallest absolute Gasteiger partial charge is 0.338 e. The summed E-state index contributed by atoms with van der Waals surface area (Å²) in [6, 6.07) is 20.0. The van der Waals surface area contributed by atoms with E-state index in [0.717, 1.165) is 30.4 Å². The largest absolute Gasteiger partial charge is 0.454 e. The molecule has 7 heteroatoms. The number of carbonyl (C=O) groups excluding carboxylic acids is 4. The molecular weight excluding hydrogens is 510 g/mol. The number of esters is 1. The highest BCUT2D eigenvalue weighted by molar-refractivity contribution is 8.01. The third kappa shape index (κ3) is 5.15. The van der Waals surface area contributed by atoms with E-state index in [1.54, 1.807) is 30.0 Å². The van der Waals surface area contributed by atoms with E-state index in [0.29, 0.717) is 16.5 Å². The maximum absolute atomic E-state index is 13.0. The van der Waals surface area contributed by atoms with Crippen molar-refractivity contribution in [1.29, 1.82) is 0 Å². The molecule has 0 aromatic heterocycles. The number of ether oxygens (including phenoxy) is 1. The van der Waals surface area contributed by atoms with Gasteiger partial charge in [0.15, 0.2) is 12.4 Å². The number of fused-ring (bicyclic) bond motifs is 3. The predicted molar refractivity (Wildman–Crippen MR) is 151 cm³/mol. The van der Waals surface area contributed by atoms with Crippen LogP contribution in [0.3, 0.4) is 0 Å². The van der Waals surface area contributed by atoms with Gasteiger partial charge >= 0.3 is 5.97 Å². The molecule has 0 radical (unpaired) electrons. The maximum Gasteiger partial charge on any atom is 0.338 e. The fourth-order valence-corrected chi connectivity index (χ4v) is 7.31. The number of imide groups is 1. The van der Waals surface area contributed by atoms with Crippen molar-refractivity contribution in [2.45, 2.75) is 55.4 Å². The maximum atomic E-state index is 13.0. The third-order valence-electron chi connectivity index (χ3n) is 7.83. The molecule has 1 saturated carbocycles. The fourth-order valence-electron chi connectivity index (χ4n) is 5.78. The van der Waals surface area contributed by atoms with Gasteiger partial charge in [-0.25, -0.2) is 9.69 Å². The summed E-state index contributed by atoms with van der Waals surface area (Å²) in [5, 5.41) is 0.0954. The topological polar surface area (TPSA) is 80.8 Å². The lowest BCUT2D eigenvalue weighted by Crippen LogP contribution is -2.31. The summed E-state index contributed by atoms with van der Waals surface area (Å²) in [5.41, 5.74) is 5.87. The van der Waals surface area contributed by atoms with Crippen molar-refractivity contribution in [2.24, 2.45) is 0 Å². The molecule has 1 atom stereocenters. The van der Waals surface area contributed by atoms with Gasteiger partial charge < -0.3 is 4.74 Å². The molecule has 6 nitrogen and oxygen atoms in total. The Hall–Kier alpha value is -3.71. The monoisotopic (exact) mass is 539 g/mol. The zero-order chi connectivity index (χ0) is 26.9. The van der Waals surface area contributed by atoms with Crippen LogP contribution in [0.5, 0.6) is 0 Å². The van der Waals surface area contributed by atoms with Crippen molar-refractivity contribution >= 4 is 41.0 Å². The number of thioether (sulfide) groups is 1. The number of Topliss-reactive ketones (excluding diaryl/α,β-unsaturated/α-hetero) is 1. The van der Waals surface area contributed by atoms with E-state index in [-0.39, 0.29) is 41.4 Å². The molecule has 0 bridgehead atoms. The second-order valence-electron chi connectivity index (χ2n) is 10.4. The van der Waals surface area contributed by atoms with E-state index < -0.39 is 5.97 Å². The number of hydrogen-bond donors (Lipinski definition) is 0. The van der Waals surface area contributed by atoms with Crippen LogP contribution < -0.4 is 4.90 Å². The molecule has 2 fully saturated rings. The SMILES string of the molecule is O=C(COC(=O)c1ccc(N2C(=O)CC(SC3CCCCC3)C2=O)cc1)c1ccc2c(c1)Cc1ccccc1-2. The van der Waals surface area contributed by atoms with E-state index in [4.69, 9.17) is 4.74 Å². The first-order valence-electron chi connectivity index (χ1n) is 13.5. The van der Waals surface area contributed by atoms with Crippen LogP contribution in [0.1, 0.15) is 70.4 Å². The first-order valence-corrected chi connectivity index (χ1v) is 14.5. The van der Waals surface area contributed by atoms with Crippen molar-refractivity contribution in [2.75, 3.05) is 11.5 Å². The van der Waals surface area contributed by atoms with Gasteiger partial charge in [-0.3, -0.25) is 14.4 Å². The summed E-state index contributed by atoms with van der Waals surface area (Å²) >= 11 is 1.64. The number of rotatable bonds is 7. The molecule has 39 heavy (non-hydrogen) atoms. The average molecular weight is 540 g/mol. The second kappa shape index (κ2) is 10.8. The lowest BCUT2D eigenvalue weighted by molar-refractivity contribution is -0.121. The van der Waals surface area contributed by atoms with Gasteiger partial charge in [0.25, 0.3) is 0 Å². The summed E-state index contributed by atoms with van der Waals surface area (Å²) in [6.45, 7) is -0.366. The lowest BCUT2D eigenvalue weighted by atomic mass is 10.0. The molecule has 2 amide bonds. The minimum absolute atomic E-state index is 0.186. The van der Waals surface area contributed by atoms with E-state index >= 15 is 0 Å². The Morgan fingerprint density at radius 3 is 2.36 bits per heavy atom. The number of anilines is 1. The molecular formula is C32H29NO5S. The number of benzene rings is 3. The van der Waals surface area contributed by atoms with E-state index in [2.05, 4.69) is 12.1 Å². The highest BCUT2D eigenvalue weighted by Crippen LogP contribution is 2.38. The van der Waals surface area contributed by atoms with Crippen LogP contribution in [0.2, 0.25) is 0 Å². The van der Waals surface area contributed by atoms with Crippen LogP contribution in [-0.2, 0) is 20.7 Å². The van der Waals surface area contributed by atoms with Crippen LogP contribution in [-0.4, -0.2) is 40.7 Å². The molecule has 1 heterocycles. The normalized spacial score (nSPS) is 18.7. The van der Waals surface area contributed by atoms with Gasteiger partial charge in [-0.2, -0.15) is 0 Å². The van der Waals surface area contributed by atoms with Gasteiger partial charge in [0, 0.05) is 17.2 Å². The fraction of sp³-hybridized carbons (Fsp3) is 0.312. The van der Waals surface area contributed by atoms with Gasteiger partial charge in [0.05, 0.1) is 16.5 Å². The first kappa shape index (κ1) is 25.6. The van der Waals surface area contributed by atoms with Crippen molar-refractivity contribution in [3.05, 3.63) is 89.0 Å². The number of carbonyl (C=O) groups is 4. The van der Waals surface area contributed by atoms with Crippen molar-refractivity contribution in [1.82, 2.24) is 0 Å². The Morgan fingerprint density at radius 2 is 1.56 bits per heavy atom. The molecule has 3 aromatic rings. The minimum atomic E-state index is -0.631. The van der Waals surface area contributed by atoms with Crippen molar-refractivity contribution < 1.29 is 23.9 Å². The lowest BCUT2D eigenvalue weighted by Gasteiger charge is -2.23. The highest BCUT2D eigenvalue weighted by Gasteiger charge is 2.41. The summed E-state index contributed by atoms with van der Waals surface area (Å²) in [4.78, 5) is 52.3. The van der Waals surface area contributed by atoms with Crippen molar-refractivity contribution in [3.63, 3.8) is 0 Å². The van der Waals surface area contributed by atoms with Crippen LogP contribution in [0.4, 0.5) is 5.69 Å². The van der Waals surface area contributed by atoms with Crippen LogP contribution in [0, 0.1) is 0 Å². The minimum Gasteiger partial charge on any atom is -0.454 e. The molecule has 2 aliphatic carbocycles. The highest BCUT2D eigenvalue weighted by atomic mass is 32.2. The Kier molecular flexibility index (Phi) is 7.09. The molecule has 0 N–H and O–H groups in total.